The van der Waals surface area contributed by atoms with Gasteiger partial charge in [-0.2, -0.15) is 5.26 Å². The van der Waals surface area contributed by atoms with Crippen molar-refractivity contribution < 1.29 is 23.2 Å². The molecular weight excluding hydrogens is 496 g/mol. The zero-order valence-electron chi connectivity index (χ0n) is 20.9. The first-order valence-corrected chi connectivity index (χ1v) is 11.7. The van der Waals surface area contributed by atoms with E-state index in [9.17, 15) is 29.0 Å². The zero-order valence-corrected chi connectivity index (χ0v) is 20.9. The van der Waals surface area contributed by atoms with Crippen LogP contribution in [0.25, 0.3) is 5.70 Å². The van der Waals surface area contributed by atoms with E-state index in [4.69, 9.17) is 4.74 Å². The number of ether oxygens (including phenoxy) is 1. The van der Waals surface area contributed by atoms with Crippen LogP contribution in [0.1, 0.15) is 48.2 Å². The highest BCUT2D eigenvalue weighted by Crippen LogP contribution is 2.42. The summed E-state index contributed by atoms with van der Waals surface area (Å²) in [6, 6.07) is 11.0. The van der Waals surface area contributed by atoms with Crippen LogP contribution in [0.4, 0.5) is 20.2 Å². The Morgan fingerprint density at radius 3 is 2.58 bits per heavy atom. The van der Waals surface area contributed by atoms with Gasteiger partial charge in [-0.15, -0.1) is 0 Å². The lowest BCUT2D eigenvalue weighted by molar-refractivity contribution is -0.384. The third-order valence-corrected chi connectivity index (χ3v) is 6.75. The van der Waals surface area contributed by atoms with Gasteiger partial charge in [0.15, 0.2) is 0 Å². The minimum atomic E-state index is -2.79. The topological polar surface area (TPSA) is 114 Å². The Bertz CT molecular complexity index is 1410. The van der Waals surface area contributed by atoms with E-state index >= 15 is 0 Å². The van der Waals surface area contributed by atoms with Gasteiger partial charge >= 0.3 is 5.97 Å². The fourth-order valence-corrected chi connectivity index (χ4v) is 4.73. The molecule has 0 aliphatic heterocycles. The van der Waals surface area contributed by atoms with Crippen LogP contribution in [0.2, 0.25) is 0 Å². The summed E-state index contributed by atoms with van der Waals surface area (Å²) in [6.07, 6.45) is 3.71. The lowest BCUT2D eigenvalue weighted by Gasteiger charge is -2.45. The number of hydrogen-bond donors (Lipinski definition) is 0. The molecule has 0 spiro atoms. The molecule has 0 saturated carbocycles. The van der Waals surface area contributed by atoms with Crippen LogP contribution in [0.5, 0.6) is 0 Å². The molecule has 0 bridgehead atoms. The molecule has 0 saturated heterocycles. The standard InChI is InChI=1S/C27H25F2N5O4/c1-27(2)14-23(38-26(35)17-4-7-19(8-5-17)34(36)37)22(33-11-10-31-16-33)13-24(27)32(3)20-9-6-18(15-30)21(12-20)25(28)29/h4-13,16,23-25H,14H2,1-3H3. The van der Waals surface area contributed by atoms with E-state index in [1.165, 1.54) is 36.4 Å². The maximum absolute atomic E-state index is 13.6. The van der Waals surface area contributed by atoms with Crippen molar-refractivity contribution in [2.24, 2.45) is 5.41 Å². The first kappa shape index (κ1) is 26.5. The number of anilines is 1. The van der Waals surface area contributed by atoms with Gasteiger partial charge in [0.2, 0.25) is 0 Å². The number of halogens is 2. The minimum absolute atomic E-state index is 0.0760. The average molecular weight is 522 g/mol. The van der Waals surface area contributed by atoms with E-state index < -0.39 is 28.8 Å². The summed E-state index contributed by atoms with van der Waals surface area (Å²) in [6.45, 7) is 3.97. The van der Waals surface area contributed by atoms with Gasteiger partial charge < -0.3 is 14.2 Å². The molecule has 1 aliphatic rings. The zero-order chi connectivity index (χ0) is 27.6. The molecule has 38 heavy (non-hydrogen) atoms. The summed E-state index contributed by atoms with van der Waals surface area (Å²) < 4.78 is 34.8. The number of imidazole rings is 1. The number of benzene rings is 2. The molecular formula is C27H25F2N5O4. The van der Waals surface area contributed by atoms with E-state index in [-0.39, 0.29) is 28.4 Å². The van der Waals surface area contributed by atoms with Crippen LogP contribution in [0.3, 0.4) is 0 Å². The molecule has 11 heteroatoms. The van der Waals surface area contributed by atoms with Crippen molar-refractivity contribution in [1.29, 1.82) is 5.26 Å². The highest BCUT2D eigenvalue weighted by Gasteiger charge is 2.42. The maximum Gasteiger partial charge on any atom is 0.338 e. The first-order valence-electron chi connectivity index (χ1n) is 11.7. The van der Waals surface area contributed by atoms with Gasteiger partial charge in [-0.05, 0) is 48.2 Å². The lowest BCUT2D eigenvalue weighted by Crippen LogP contribution is -2.48. The van der Waals surface area contributed by atoms with Gasteiger partial charge in [0.25, 0.3) is 12.1 Å². The third kappa shape index (κ3) is 5.25. The van der Waals surface area contributed by atoms with E-state index in [2.05, 4.69) is 4.98 Å². The second-order valence-electron chi connectivity index (χ2n) is 9.69. The number of non-ortho nitro benzene ring substituents is 1. The molecule has 2 atom stereocenters. The summed E-state index contributed by atoms with van der Waals surface area (Å²) in [5.74, 6) is -0.632. The Hall–Kier alpha value is -4.59. The summed E-state index contributed by atoms with van der Waals surface area (Å²) in [7, 11) is 1.79. The number of esters is 1. The Kier molecular flexibility index (Phi) is 7.26. The Balaban J connectivity index is 1.68. The van der Waals surface area contributed by atoms with Gasteiger partial charge in [-0.1, -0.05) is 13.8 Å². The van der Waals surface area contributed by atoms with Crippen molar-refractivity contribution in [3.8, 4) is 6.07 Å². The van der Waals surface area contributed by atoms with Gasteiger partial charge in [-0.3, -0.25) is 10.1 Å². The molecule has 196 valence electrons. The van der Waals surface area contributed by atoms with Crippen molar-refractivity contribution >= 4 is 23.0 Å². The summed E-state index contributed by atoms with van der Waals surface area (Å²) in [4.78, 5) is 29.3. The Morgan fingerprint density at radius 1 is 1.29 bits per heavy atom. The largest absolute Gasteiger partial charge is 0.452 e. The molecule has 0 N–H and O–H groups in total. The average Bonchev–Trinajstić information content (AvgIpc) is 3.42. The number of nitrogens with zero attached hydrogens (tertiary/aromatic N) is 5. The van der Waals surface area contributed by atoms with Crippen molar-refractivity contribution in [2.75, 3.05) is 11.9 Å². The predicted molar refractivity (Wildman–Crippen MR) is 136 cm³/mol. The van der Waals surface area contributed by atoms with Crippen molar-refractivity contribution in [1.82, 2.24) is 9.55 Å². The van der Waals surface area contributed by atoms with Crippen LogP contribution in [0, 0.1) is 26.9 Å². The molecule has 2 unspecified atom stereocenters. The number of rotatable bonds is 7. The van der Waals surface area contributed by atoms with Crippen LogP contribution < -0.4 is 4.90 Å². The highest BCUT2D eigenvalue weighted by molar-refractivity contribution is 5.90. The summed E-state index contributed by atoms with van der Waals surface area (Å²) in [5, 5.41) is 20.1. The third-order valence-electron chi connectivity index (χ3n) is 6.75. The molecule has 3 aromatic rings. The highest BCUT2D eigenvalue weighted by atomic mass is 19.3. The second kappa shape index (κ2) is 10.4. The van der Waals surface area contributed by atoms with Crippen molar-refractivity contribution in [2.45, 2.75) is 38.8 Å². The molecule has 0 amide bonds. The number of hydrogen-bond acceptors (Lipinski definition) is 7. The number of nitro benzene ring substituents is 1. The number of carbonyl (C=O) groups is 1. The Labute approximate surface area is 217 Å². The van der Waals surface area contributed by atoms with E-state index in [0.717, 1.165) is 0 Å². The molecule has 0 fully saturated rings. The van der Waals surface area contributed by atoms with Gasteiger partial charge in [-0.25, -0.2) is 18.6 Å². The SMILES string of the molecule is CN(c1ccc(C#N)c(C(F)F)c1)C1C=C(n2ccnc2)C(OC(=O)c2ccc([N+](=O)[O-])cc2)CC1(C)C. The fraction of sp³-hybridized carbons (Fsp3) is 0.296. The summed E-state index contributed by atoms with van der Waals surface area (Å²) in [5.41, 5.74) is 0.291. The quantitative estimate of drug-likeness (QED) is 0.226. The number of nitriles is 1. The molecule has 1 aliphatic carbocycles. The summed E-state index contributed by atoms with van der Waals surface area (Å²) >= 11 is 0. The van der Waals surface area contributed by atoms with E-state index in [1.807, 2.05) is 30.9 Å². The molecule has 1 heterocycles. The van der Waals surface area contributed by atoms with Gasteiger partial charge in [0.1, 0.15) is 6.10 Å². The molecule has 1 aromatic heterocycles. The van der Waals surface area contributed by atoms with Crippen LogP contribution >= 0.6 is 0 Å². The van der Waals surface area contributed by atoms with E-state index in [1.54, 1.807) is 36.4 Å². The predicted octanol–water partition coefficient (Wildman–Crippen LogP) is 5.60. The van der Waals surface area contributed by atoms with Crippen molar-refractivity contribution in [3.63, 3.8) is 0 Å². The van der Waals surface area contributed by atoms with Crippen LogP contribution in [0.15, 0.2) is 67.3 Å². The maximum atomic E-state index is 13.6. The van der Waals surface area contributed by atoms with E-state index in [0.29, 0.717) is 17.8 Å². The molecule has 9 nitrogen and oxygen atoms in total. The second-order valence-corrected chi connectivity index (χ2v) is 9.69. The molecule has 0 radical (unpaired) electrons. The van der Waals surface area contributed by atoms with Crippen LogP contribution in [-0.4, -0.2) is 39.6 Å². The fourth-order valence-electron chi connectivity index (χ4n) is 4.73. The Morgan fingerprint density at radius 2 is 2.00 bits per heavy atom. The number of alkyl halides is 2. The molecule has 2 aromatic carbocycles. The molecule has 4 rings (SSSR count). The smallest absolute Gasteiger partial charge is 0.338 e. The van der Waals surface area contributed by atoms with Gasteiger partial charge in [0.05, 0.1) is 40.2 Å². The minimum Gasteiger partial charge on any atom is -0.452 e. The normalized spacial score (nSPS) is 18.4. The lowest BCUT2D eigenvalue weighted by atomic mass is 9.73. The van der Waals surface area contributed by atoms with Crippen LogP contribution in [-0.2, 0) is 4.74 Å². The number of likely N-dealkylation sites (N-methyl/N-ethyl adjacent to an activating group) is 1. The number of aromatic nitrogens is 2. The number of nitro groups is 1. The first-order chi connectivity index (χ1) is 18.0. The monoisotopic (exact) mass is 521 g/mol. The van der Waals surface area contributed by atoms with Gasteiger partial charge in [0, 0.05) is 42.8 Å². The number of carbonyl (C=O) groups excluding carboxylic acids is 1. The van der Waals surface area contributed by atoms with Crippen molar-refractivity contribution in [3.05, 3.63) is 94.1 Å².